The van der Waals surface area contributed by atoms with E-state index in [0.717, 1.165) is 25.0 Å². The van der Waals surface area contributed by atoms with E-state index in [9.17, 15) is 4.79 Å². The summed E-state index contributed by atoms with van der Waals surface area (Å²) in [7, 11) is 0. The van der Waals surface area contributed by atoms with Crippen molar-refractivity contribution in [3.05, 3.63) is 36.0 Å². The third kappa shape index (κ3) is 3.59. The molecule has 1 atom stereocenters. The number of urea groups is 1. The van der Waals surface area contributed by atoms with Crippen LogP contribution >= 0.6 is 0 Å². The molecule has 0 aromatic carbocycles. The molecule has 2 rings (SSSR count). The number of pyridine rings is 1. The van der Waals surface area contributed by atoms with Crippen molar-refractivity contribution in [1.82, 2.24) is 10.3 Å². The average Bonchev–Trinajstić information content (AvgIpc) is 2.30. The van der Waals surface area contributed by atoms with Crippen molar-refractivity contribution in [2.75, 3.05) is 5.32 Å². The first-order chi connectivity index (χ1) is 8.24. The second-order valence-electron chi connectivity index (χ2n) is 4.23. The number of anilines is 1. The zero-order valence-electron chi connectivity index (χ0n) is 9.94. The fraction of sp³-hybridized carbons (Fsp3) is 0.385. The van der Waals surface area contributed by atoms with Crippen molar-refractivity contribution in [1.29, 1.82) is 0 Å². The van der Waals surface area contributed by atoms with Crippen molar-refractivity contribution >= 4 is 11.8 Å². The smallest absolute Gasteiger partial charge is 0.320 e. The van der Waals surface area contributed by atoms with E-state index in [0.29, 0.717) is 5.82 Å². The number of aryl methyl sites for hydroxylation is 1. The summed E-state index contributed by atoms with van der Waals surface area (Å²) < 4.78 is 0. The second kappa shape index (κ2) is 5.48. The highest BCUT2D eigenvalue weighted by Gasteiger charge is 2.11. The Hall–Kier alpha value is -1.84. The van der Waals surface area contributed by atoms with Crippen LogP contribution in [0.5, 0.6) is 0 Å². The summed E-state index contributed by atoms with van der Waals surface area (Å²) in [6, 6.07) is 5.50. The number of carbonyl (C=O) groups excluding carboxylic acids is 1. The lowest BCUT2D eigenvalue weighted by molar-refractivity contribution is 0.249. The summed E-state index contributed by atoms with van der Waals surface area (Å²) in [4.78, 5) is 15.9. The number of rotatable bonds is 2. The van der Waals surface area contributed by atoms with Crippen LogP contribution in [0.25, 0.3) is 0 Å². The molecule has 0 fully saturated rings. The van der Waals surface area contributed by atoms with Gasteiger partial charge in [-0.25, -0.2) is 9.78 Å². The molecule has 90 valence electrons. The zero-order valence-corrected chi connectivity index (χ0v) is 9.94. The first-order valence-electron chi connectivity index (χ1n) is 5.92. The largest absolute Gasteiger partial charge is 0.332 e. The van der Waals surface area contributed by atoms with Crippen LogP contribution in [0.2, 0.25) is 0 Å². The molecule has 1 heterocycles. The van der Waals surface area contributed by atoms with Crippen LogP contribution in [0.1, 0.15) is 25.0 Å². The van der Waals surface area contributed by atoms with Gasteiger partial charge in [-0.2, -0.15) is 0 Å². The lowest BCUT2D eigenvalue weighted by Gasteiger charge is -2.18. The van der Waals surface area contributed by atoms with Gasteiger partial charge < -0.3 is 5.32 Å². The highest BCUT2D eigenvalue weighted by atomic mass is 16.2. The first-order valence-corrected chi connectivity index (χ1v) is 5.92. The molecule has 1 aromatic rings. The van der Waals surface area contributed by atoms with Gasteiger partial charge >= 0.3 is 6.03 Å². The van der Waals surface area contributed by atoms with Crippen molar-refractivity contribution in [2.45, 2.75) is 32.2 Å². The summed E-state index contributed by atoms with van der Waals surface area (Å²) in [5.74, 6) is 0.585. The van der Waals surface area contributed by atoms with E-state index < -0.39 is 0 Å². The summed E-state index contributed by atoms with van der Waals surface area (Å²) >= 11 is 0. The Bertz CT molecular complexity index is 428. The number of aromatic nitrogens is 1. The molecule has 0 saturated heterocycles. The molecule has 17 heavy (non-hydrogen) atoms. The molecule has 1 aliphatic carbocycles. The number of amides is 2. The van der Waals surface area contributed by atoms with Crippen molar-refractivity contribution in [2.24, 2.45) is 0 Å². The average molecular weight is 231 g/mol. The molecule has 1 aromatic heterocycles. The maximum Gasteiger partial charge on any atom is 0.320 e. The number of hydrogen-bond donors (Lipinski definition) is 2. The molecule has 0 saturated carbocycles. The number of allylic oxidation sites excluding steroid dienone is 1. The zero-order chi connectivity index (χ0) is 12.1. The van der Waals surface area contributed by atoms with E-state index in [4.69, 9.17) is 0 Å². The van der Waals surface area contributed by atoms with E-state index in [1.54, 1.807) is 6.07 Å². The minimum absolute atomic E-state index is 0.147. The maximum atomic E-state index is 11.7. The van der Waals surface area contributed by atoms with Gasteiger partial charge in [-0.05, 0) is 38.3 Å². The van der Waals surface area contributed by atoms with Crippen LogP contribution < -0.4 is 10.6 Å². The number of nitrogens with one attached hydrogen (secondary N) is 2. The van der Waals surface area contributed by atoms with Crippen LogP contribution in [0.4, 0.5) is 10.6 Å². The van der Waals surface area contributed by atoms with Crippen LogP contribution in [0.3, 0.4) is 0 Å². The van der Waals surface area contributed by atoms with E-state index in [-0.39, 0.29) is 12.1 Å². The molecular weight excluding hydrogens is 214 g/mol. The van der Waals surface area contributed by atoms with Gasteiger partial charge in [-0.15, -0.1) is 0 Å². The molecule has 0 aliphatic heterocycles. The maximum absolute atomic E-state index is 11.7. The van der Waals surface area contributed by atoms with E-state index >= 15 is 0 Å². The van der Waals surface area contributed by atoms with E-state index in [2.05, 4.69) is 21.7 Å². The standard InChI is InChI=1S/C13H17N3O/c1-10-6-5-9-12(14-10)16-13(17)15-11-7-3-2-4-8-11/h3,5-7,9,11H,2,4,8H2,1H3,(H2,14,15,16,17). The Balaban J connectivity index is 1.88. The van der Waals surface area contributed by atoms with Gasteiger partial charge in [-0.1, -0.05) is 18.2 Å². The predicted molar refractivity (Wildman–Crippen MR) is 67.9 cm³/mol. The van der Waals surface area contributed by atoms with Gasteiger partial charge in [0.1, 0.15) is 5.82 Å². The van der Waals surface area contributed by atoms with Gasteiger partial charge in [0.15, 0.2) is 0 Å². The van der Waals surface area contributed by atoms with Gasteiger partial charge in [-0.3, -0.25) is 5.32 Å². The van der Waals surface area contributed by atoms with Gasteiger partial charge in [0.2, 0.25) is 0 Å². The minimum Gasteiger partial charge on any atom is -0.332 e. The van der Waals surface area contributed by atoms with Gasteiger partial charge in [0, 0.05) is 11.7 Å². The highest BCUT2D eigenvalue weighted by molar-refractivity contribution is 5.88. The molecular formula is C13H17N3O. The van der Waals surface area contributed by atoms with Crippen LogP contribution in [0, 0.1) is 6.92 Å². The summed E-state index contributed by atoms with van der Waals surface area (Å²) in [5, 5.41) is 5.64. The van der Waals surface area contributed by atoms with Gasteiger partial charge in [0.25, 0.3) is 0 Å². The molecule has 2 N–H and O–H groups in total. The van der Waals surface area contributed by atoms with Crippen LogP contribution in [0.15, 0.2) is 30.4 Å². The Morgan fingerprint density at radius 2 is 2.35 bits per heavy atom. The normalized spacial score (nSPS) is 18.8. The molecule has 0 spiro atoms. The fourth-order valence-corrected chi connectivity index (χ4v) is 1.87. The first kappa shape index (κ1) is 11.6. The van der Waals surface area contributed by atoms with Crippen molar-refractivity contribution in [3.8, 4) is 0 Å². The lowest BCUT2D eigenvalue weighted by Crippen LogP contribution is -2.37. The Kier molecular flexibility index (Phi) is 3.75. The quantitative estimate of drug-likeness (QED) is 0.769. The predicted octanol–water partition coefficient (Wildman–Crippen LogP) is 2.62. The minimum atomic E-state index is -0.195. The Labute approximate surface area is 101 Å². The van der Waals surface area contributed by atoms with Crippen molar-refractivity contribution < 1.29 is 4.79 Å². The Morgan fingerprint density at radius 1 is 1.47 bits per heavy atom. The molecule has 1 aliphatic rings. The van der Waals surface area contributed by atoms with Crippen LogP contribution in [-0.4, -0.2) is 17.1 Å². The van der Waals surface area contributed by atoms with Gasteiger partial charge in [0.05, 0.1) is 0 Å². The molecule has 0 radical (unpaired) electrons. The van der Waals surface area contributed by atoms with E-state index in [1.807, 2.05) is 25.1 Å². The number of carbonyl (C=O) groups is 1. The third-order valence-electron chi connectivity index (χ3n) is 2.70. The van der Waals surface area contributed by atoms with Crippen LogP contribution in [-0.2, 0) is 0 Å². The SMILES string of the molecule is Cc1cccc(NC(=O)NC2C=CCCC2)n1. The molecule has 0 bridgehead atoms. The summed E-state index contributed by atoms with van der Waals surface area (Å²) in [6.07, 6.45) is 7.40. The summed E-state index contributed by atoms with van der Waals surface area (Å²) in [5.41, 5.74) is 0.889. The summed E-state index contributed by atoms with van der Waals surface area (Å²) in [6.45, 7) is 1.90. The highest BCUT2D eigenvalue weighted by Crippen LogP contribution is 2.10. The third-order valence-corrected chi connectivity index (χ3v) is 2.70. The van der Waals surface area contributed by atoms with Crippen molar-refractivity contribution in [3.63, 3.8) is 0 Å². The molecule has 4 nitrogen and oxygen atoms in total. The number of hydrogen-bond acceptors (Lipinski definition) is 2. The monoisotopic (exact) mass is 231 g/mol. The van der Waals surface area contributed by atoms with E-state index in [1.165, 1.54) is 0 Å². The fourth-order valence-electron chi connectivity index (χ4n) is 1.87. The second-order valence-corrected chi connectivity index (χ2v) is 4.23. The molecule has 4 heteroatoms. The topological polar surface area (TPSA) is 54.0 Å². The number of nitrogens with zero attached hydrogens (tertiary/aromatic N) is 1. The Morgan fingerprint density at radius 3 is 3.06 bits per heavy atom. The molecule has 1 unspecified atom stereocenters. The lowest BCUT2D eigenvalue weighted by atomic mass is 10.0. The molecule has 2 amide bonds.